The van der Waals surface area contributed by atoms with E-state index in [0.717, 1.165) is 5.92 Å². The molecule has 4 heteroatoms. The standard InChI is InChI=1S/C19H32N4/c1-21(13-16-8-5-4-6-9-16)14-17-10-7-11-22(2)19(17)18-12-20-23(3)15-18/h4-5,12,15-17,19H,6-11,13-14H2,1-3H3/t16-,17-,19+/m0/s1. The van der Waals surface area contributed by atoms with Gasteiger partial charge in [-0.3, -0.25) is 9.58 Å². The molecule has 3 rings (SSSR count). The molecule has 0 N–H and O–H groups in total. The molecule has 128 valence electrons. The molecule has 1 fully saturated rings. The van der Waals surface area contributed by atoms with Crippen molar-refractivity contribution in [2.24, 2.45) is 18.9 Å². The van der Waals surface area contributed by atoms with Crippen LogP contribution in [-0.2, 0) is 7.05 Å². The smallest absolute Gasteiger partial charge is 0.0537 e. The SMILES string of the molecule is CN(C[C@H]1CC=CCC1)C[C@@H]1CCCN(C)[C@H]1c1cnn(C)c1. The second-order valence-corrected chi connectivity index (χ2v) is 7.65. The quantitative estimate of drug-likeness (QED) is 0.780. The molecule has 0 aromatic carbocycles. The molecule has 2 aliphatic rings. The predicted octanol–water partition coefficient (Wildman–Crippen LogP) is 3.09. The van der Waals surface area contributed by atoms with Crippen LogP contribution in [0, 0.1) is 11.8 Å². The Hall–Kier alpha value is -1.13. The van der Waals surface area contributed by atoms with Gasteiger partial charge in [0.2, 0.25) is 0 Å². The maximum Gasteiger partial charge on any atom is 0.0537 e. The van der Waals surface area contributed by atoms with Gasteiger partial charge in [-0.25, -0.2) is 0 Å². The number of hydrogen-bond acceptors (Lipinski definition) is 3. The third-order valence-electron chi connectivity index (χ3n) is 5.57. The highest BCUT2D eigenvalue weighted by Crippen LogP contribution is 2.35. The van der Waals surface area contributed by atoms with Gasteiger partial charge in [-0.1, -0.05) is 12.2 Å². The number of allylic oxidation sites excluding steroid dienone is 2. The lowest BCUT2D eigenvalue weighted by Gasteiger charge is -2.41. The van der Waals surface area contributed by atoms with E-state index < -0.39 is 0 Å². The maximum atomic E-state index is 4.40. The van der Waals surface area contributed by atoms with Gasteiger partial charge in [0.15, 0.2) is 0 Å². The highest BCUT2D eigenvalue weighted by atomic mass is 15.3. The summed E-state index contributed by atoms with van der Waals surface area (Å²) in [7, 11) is 6.60. The van der Waals surface area contributed by atoms with Crippen molar-refractivity contribution < 1.29 is 0 Å². The van der Waals surface area contributed by atoms with Gasteiger partial charge in [-0.2, -0.15) is 5.10 Å². The van der Waals surface area contributed by atoms with E-state index in [2.05, 4.69) is 53.5 Å². The zero-order chi connectivity index (χ0) is 16.2. The van der Waals surface area contributed by atoms with E-state index in [9.17, 15) is 0 Å². The first-order chi connectivity index (χ1) is 11.1. The number of aryl methyl sites for hydroxylation is 1. The van der Waals surface area contributed by atoms with E-state index in [4.69, 9.17) is 0 Å². The third kappa shape index (κ3) is 4.24. The van der Waals surface area contributed by atoms with Crippen LogP contribution in [0.1, 0.15) is 43.7 Å². The predicted molar refractivity (Wildman–Crippen MR) is 95.3 cm³/mol. The van der Waals surface area contributed by atoms with E-state index in [1.807, 2.05) is 11.7 Å². The van der Waals surface area contributed by atoms with Gasteiger partial charge < -0.3 is 4.90 Å². The summed E-state index contributed by atoms with van der Waals surface area (Å²) < 4.78 is 1.94. The second kappa shape index (κ2) is 7.63. The van der Waals surface area contributed by atoms with Crippen molar-refractivity contribution in [2.75, 3.05) is 33.7 Å². The average molecular weight is 316 g/mol. The highest BCUT2D eigenvalue weighted by Gasteiger charge is 2.32. The highest BCUT2D eigenvalue weighted by molar-refractivity contribution is 5.13. The molecule has 0 amide bonds. The number of likely N-dealkylation sites (tertiary alicyclic amines) is 1. The summed E-state index contributed by atoms with van der Waals surface area (Å²) in [5.41, 5.74) is 1.38. The summed E-state index contributed by atoms with van der Waals surface area (Å²) in [6.45, 7) is 3.64. The normalized spacial score (nSPS) is 29.3. The first-order valence-electron chi connectivity index (χ1n) is 9.16. The molecule has 1 aliphatic carbocycles. The van der Waals surface area contributed by atoms with Crippen molar-refractivity contribution in [3.8, 4) is 0 Å². The minimum absolute atomic E-state index is 0.520. The molecular formula is C19H32N4. The van der Waals surface area contributed by atoms with Crippen LogP contribution in [0.4, 0.5) is 0 Å². The van der Waals surface area contributed by atoms with E-state index in [0.29, 0.717) is 12.0 Å². The molecule has 1 aliphatic heterocycles. The summed E-state index contributed by atoms with van der Waals surface area (Å²) in [6.07, 6.45) is 15.5. The number of rotatable bonds is 5. The van der Waals surface area contributed by atoms with Crippen LogP contribution < -0.4 is 0 Å². The Morgan fingerprint density at radius 3 is 2.78 bits per heavy atom. The lowest BCUT2D eigenvalue weighted by Crippen LogP contribution is -2.41. The first kappa shape index (κ1) is 16.7. The minimum Gasteiger partial charge on any atom is -0.306 e. The summed E-state index contributed by atoms with van der Waals surface area (Å²) in [5.74, 6) is 1.56. The third-order valence-corrected chi connectivity index (χ3v) is 5.57. The number of aromatic nitrogens is 2. The molecule has 1 aromatic rings. The molecular weight excluding hydrogens is 284 g/mol. The molecule has 1 aromatic heterocycles. The number of nitrogens with zero attached hydrogens (tertiary/aromatic N) is 4. The van der Waals surface area contributed by atoms with Gasteiger partial charge in [-0.15, -0.1) is 0 Å². The summed E-state index contributed by atoms with van der Waals surface area (Å²) in [4.78, 5) is 5.11. The fourth-order valence-corrected chi connectivity index (χ4v) is 4.51. The van der Waals surface area contributed by atoms with Crippen LogP contribution in [0.3, 0.4) is 0 Å². The van der Waals surface area contributed by atoms with E-state index in [1.54, 1.807) is 0 Å². The van der Waals surface area contributed by atoms with Gasteiger partial charge in [0.1, 0.15) is 0 Å². The van der Waals surface area contributed by atoms with Crippen LogP contribution in [-0.4, -0.2) is 53.3 Å². The molecule has 0 bridgehead atoms. The lowest BCUT2D eigenvalue weighted by molar-refractivity contribution is 0.0893. The molecule has 1 saturated heterocycles. The Balaban J connectivity index is 1.62. The fourth-order valence-electron chi connectivity index (χ4n) is 4.51. The molecule has 4 nitrogen and oxygen atoms in total. The van der Waals surface area contributed by atoms with Crippen molar-refractivity contribution in [3.05, 3.63) is 30.1 Å². The Morgan fingerprint density at radius 2 is 2.09 bits per heavy atom. The van der Waals surface area contributed by atoms with Gasteiger partial charge in [0, 0.05) is 37.9 Å². The Kier molecular flexibility index (Phi) is 5.54. The van der Waals surface area contributed by atoms with Crippen molar-refractivity contribution in [2.45, 2.75) is 38.1 Å². The van der Waals surface area contributed by atoms with E-state index in [1.165, 1.54) is 57.3 Å². The summed E-state index contributed by atoms with van der Waals surface area (Å²) in [6, 6.07) is 0.520. The Morgan fingerprint density at radius 1 is 1.22 bits per heavy atom. The van der Waals surface area contributed by atoms with Gasteiger partial charge in [0.25, 0.3) is 0 Å². The molecule has 0 saturated carbocycles. The van der Waals surface area contributed by atoms with Crippen molar-refractivity contribution in [3.63, 3.8) is 0 Å². The van der Waals surface area contributed by atoms with Crippen molar-refractivity contribution in [1.82, 2.24) is 19.6 Å². The lowest BCUT2D eigenvalue weighted by atomic mass is 9.85. The second-order valence-electron chi connectivity index (χ2n) is 7.65. The molecule has 23 heavy (non-hydrogen) atoms. The topological polar surface area (TPSA) is 24.3 Å². The molecule has 0 radical (unpaired) electrons. The zero-order valence-corrected chi connectivity index (χ0v) is 15.0. The van der Waals surface area contributed by atoms with Gasteiger partial charge in [0.05, 0.1) is 6.20 Å². The number of hydrogen-bond donors (Lipinski definition) is 0. The first-order valence-corrected chi connectivity index (χ1v) is 9.16. The monoisotopic (exact) mass is 316 g/mol. The Bertz CT molecular complexity index is 521. The van der Waals surface area contributed by atoms with Crippen LogP contribution in [0.2, 0.25) is 0 Å². The van der Waals surface area contributed by atoms with Crippen LogP contribution in [0.15, 0.2) is 24.5 Å². The van der Waals surface area contributed by atoms with Crippen molar-refractivity contribution in [1.29, 1.82) is 0 Å². The van der Waals surface area contributed by atoms with Crippen LogP contribution in [0.25, 0.3) is 0 Å². The molecule has 0 spiro atoms. The number of piperidine rings is 1. The van der Waals surface area contributed by atoms with E-state index >= 15 is 0 Å². The van der Waals surface area contributed by atoms with Crippen molar-refractivity contribution >= 4 is 0 Å². The zero-order valence-electron chi connectivity index (χ0n) is 15.0. The summed E-state index contributed by atoms with van der Waals surface area (Å²) >= 11 is 0. The average Bonchev–Trinajstić information content (AvgIpc) is 2.94. The molecule has 3 atom stereocenters. The fraction of sp³-hybridized carbons (Fsp3) is 0.737. The summed E-state index contributed by atoms with van der Waals surface area (Å²) in [5, 5.41) is 4.40. The largest absolute Gasteiger partial charge is 0.306 e. The molecule has 2 heterocycles. The van der Waals surface area contributed by atoms with Crippen LogP contribution >= 0.6 is 0 Å². The Labute approximate surface area is 141 Å². The van der Waals surface area contributed by atoms with E-state index in [-0.39, 0.29) is 0 Å². The van der Waals surface area contributed by atoms with Gasteiger partial charge in [-0.05, 0) is 64.6 Å². The van der Waals surface area contributed by atoms with Crippen LogP contribution in [0.5, 0.6) is 0 Å². The minimum atomic E-state index is 0.520. The maximum absolute atomic E-state index is 4.40. The van der Waals surface area contributed by atoms with Gasteiger partial charge >= 0.3 is 0 Å². The molecule has 0 unspecified atom stereocenters.